The second-order valence-electron chi connectivity index (χ2n) is 8.24. The zero-order chi connectivity index (χ0) is 16.0. The first-order chi connectivity index (χ1) is 11.1. The number of nitrogens with zero attached hydrogens (tertiary/aromatic N) is 1. The summed E-state index contributed by atoms with van der Waals surface area (Å²) in [4.78, 5) is 15.0. The van der Waals surface area contributed by atoms with Gasteiger partial charge in [0.15, 0.2) is 0 Å². The minimum absolute atomic E-state index is 0.0822. The fraction of sp³-hybridized carbons (Fsp3) is 0.842. The average molecular weight is 336 g/mol. The molecule has 2 heterocycles. The van der Waals surface area contributed by atoms with E-state index >= 15 is 0 Å². The summed E-state index contributed by atoms with van der Waals surface area (Å²) in [5, 5.41) is 0. The minimum atomic E-state index is 0.0822. The van der Waals surface area contributed by atoms with Crippen LogP contribution in [0, 0.1) is 17.3 Å². The molecule has 128 valence electrons. The van der Waals surface area contributed by atoms with Gasteiger partial charge in [-0.3, -0.25) is 4.79 Å². The molecule has 4 aliphatic rings. The summed E-state index contributed by atoms with van der Waals surface area (Å²) in [5.74, 6) is 3.03. The molecule has 0 aromatic heterocycles. The van der Waals surface area contributed by atoms with Crippen molar-refractivity contribution in [3.8, 4) is 0 Å². The molecule has 0 spiro atoms. The van der Waals surface area contributed by atoms with Crippen LogP contribution in [0.2, 0.25) is 0 Å². The van der Waals surface area contributed by atoms with Crippen LogP contribution in [0.1, 0.15) is 46.0 Å². The molecule has 0 unspecified atom stereocenters. The number of carbonyl (C=O) groups is 1. The molecule has 0 bridgehead atoms. The van der Waals surface area contributed by atoms with Gasteiger partial charge in [0.2, 0.25) is 0 Å². The van der Waals surface area contributed by atoms with Crippen molar-refractivity contribution in [1.29, 1.82) is 0 Å². The maximum Gasteiger partial charge on any atom is 0.310 e. The zero-order valence-electron chi connectivity index (χ0n) is 14.5. The normalized spacial score (nSPS) is 41.5. The highest BCUT2D eigenvalue weighted by atomic mass is 32.2. The number of esters is 1. The summed E-state index contributed by atoms with van der Waals surface area (Å²) in [7, 11) is 0. The topological polar surface area (TPSA) is 29.5 Å². The molecule has 3 fully saturated rings. The molecule has 1 saturated carbocycles. The van der Waals surface area contributed by atoms with Gasteiger partial charge in [-0.05, 0) is 44.4 Å². The van der Waals surface area contributed by atoms with Gasteiger partial charge in [-0.1, -0.05) is 18.1 Å². The van der Waals surface area contributed by atoms with Gasteiger partial charge < -0.3 is 9.64 Å². The van der Waals surface area contributed by atoms with Crippen LogP contribution in [0.5, 0.6) is 0 Å². The van der Waals surface area contributed by atoms with Crippen molar-refractivity contribution in [3.05, 3.63) is 11.1 Å². The van der Waals surface area contributed by atoms with Gasteiger partial charge in [0, 0.05) is 37.1 Å². The largest absolute Gasteiger partial charge is 0.462 e. The molecule has 2 aliphatic carbocycles. The number of allylic oxidation sites excluding steroid dienone is 2. The maximum absolute atomic E-state index is 12.5. The van der Waals surface area contributed by atoms with Crippen LogP contribution in [0.3, 0.4) is 0 Å². The smallest absolute Gasteiger partial charge is 0.310 e. The molecule has 3 nitrogen and oxygen atoms in total. The molecule has 4 heteroatoms. The first kappa shape index (κ1) is 16.0. The van der Waals surface area contributed by atoms with Crippen molar-refractivity contribution in [3.63, 3.8) is 0 Å². The molecular weight excluding hydrogens is 306 g/mol. The Morgan fingerprint density at radius 3 is 2.91 bits per heavy atom. The van der Waals surface area contributed by atoms with Gasteiger partial charge >= 0.3 is 5.97 Å². The minimum Gasteiger partial charge on any atom is -0.462 e. The Morgan fingerprint density at radius 1 is 1.35 bits per heavy atom. The molecule has 0 amide bonds. The highest BCUT2D eigenvalue weighted by molar-refractivity contribution is 7.99. The zero-order valence-corrected chi connectivity index (χ0v) is 15.3. The van der Waals surface area contributed by atoms with Gasteiger partial charge in [0.1, 0.15) is 6.10 Å². The van der Waals surface area contributed by atoms with Crippen LogP contribution in [-0.2, 0) is 9.53 Å². The van der Waals surface area contributed by atoms with E-state index in [9.17, 15) is 4.79 Å². The van der Waals surface area contributed by atoms with E-state index < -0.39 is 0 Å². The number of rotatable bonds is 2. The molecule has 2 saturated heterocycles. The first-order valence-corrected chi connectivity index (χ1v) is 10.4. The van der Waals surface area contributed by atoms with Crippen molar-refractivity contribution in [1.82, 2.24) is 4.90 Å². The fourth-order valence-electron chi connectivity index (χ4n) is 5.38. The highest BCUT2D eigenvalue weighted by Crippen LogP contribution is 2.55. The number of hydrogen-bond donors (Lipinski definition) is 0. The van der Waals surface area contributed by atoms with Crippen molar-refractivity contribution < 1.29 is 9.53 Å². The Balaban J connectivity index is 1.54. The maximum atomic E-state index is 12.5. The number of ether oxygens (including phenoxy) is 1. The summed E-state index contributed by atoms with van der Waals surface area (Å²) in [6, 6.07) is 0. The lowest BCUT2D eigenvalue weighted by atomic mass is 9.59. The molecular formula is C19H29NO2S. The Bertz CT molecular complexity index is 525. The summed E-state index contributed by atoms with van der Waals surface area (Å²) in [6.07, 6.45) is 6.16. The van der Waals surface area contributed by atoms with Crippen LogP contribution >= 0.6 is 11.8 Å². The van der Waals surface area contributed by atoms with Crippen molar-refractivity contribution in [2.24, 2.45) is 17.3 Å². The van der Waals surface area contributed by atoms with E-state index in [1.165, 1.54) is 30.8 Å². The molecule has 0 N–H and O–H groups in total. The number of carbonyl (C=O) groups excluding carboxylic acids is 1. The lowest BCUT2D eigenvalue weighted by Gasteiger charge is -2.46. The van der Waals surface area contributed by atoms with E-state index in [4.69, 9.17) is 4.74 Å². The van der Waals surface area contributed by atoms with Crippen molar-refractivity contribution in [2.45, 2.75) is 52.1 Å². The monoisotopic (exact) mass is 335 g/mol. The van der Waals surface area contributed by atoms with Gasteiger partial charge in [-0.2, -0.15) is 11.8 Å². The van der Waals surface area contributed by atoms with Gasteiger partial charge in [-0.15, -0.1) is 0 Å². The lowest BCUT2D eigenvalue weighted by Crippen LogP contribution is -2.43. The summed E-state index contributed by atoms with van der Waals surface area (Å²) >= 11 is 2.03. The number of thioether (sulfide) groups is 1. The van der Waals surface area contributed by atoms with Gasteiger partial charge in [0.05, 0.1) is 5.92 Å². The molecule has 2 aliphatic heterocycles. The molecule has 0 aromatic rings. The van der Waals surface area contributed by atoms with Crippen molar-refractivity contribution in [2.75, 3.05) is 31.1 Å². The van der Waals surface area contributed by atoms with Crippen LogP contribution in [0.15, 0.2) is 11.1 Å². The number of hydrogen-bond acceptors (Lipinski definition) is 4. The molecule has 23 heavy (non-hydrogen) atoms. The third-order valence-electron chi connectivity index (χ3n) is 6.74. The van der Waals surface area contributed by atoms with E-state index in [2.05, 4.69) is 18.7 Å². The second-order valence-corrected chi connectivity index (χ2v) is 9.46. The third kappa shape index (κ3) is 2.86. The SMILES string of the molecule is CC1=C2C[C@H]3[C@@H](C[C@@]2(C)CCC1)OC(=O)[C@@H]3CN1CCSCC1. The Kier molecular flexibility index (Phi) is 4.25. The van der Waals surface area contributed by atoms with E-state index in [1.807, 2.05) is 11.8 Å². The molecule has 4 rings (SSSR count). The van der Waals surface area contributed by atoms with Crippen LogP contribution in [-0.4, -0.2) is 48.1 Å². The van der Waals surface area contributed by atoms with Crippen molar-refractivity contribution >= 4 is 17.7 Å². The quantitative estimate of drug-likeness (QED) is 0.571. The second kappa shape index (κ2) is 6.11. The molecule has 4 atom stereocenters. The number of fused-ring (bicyclic) bond motifs is 2. The molecule has 0 radical (unpaired) electrons. The summed E-state index contributed by atoms with van der Waals surface area (Å²) < 4.78 is 5.88. The third-order valence-corrected chi connectivity index (χ3v) is 7.68. The van der Waals surface area contributed by atoms with Gasteiger partial charge in [0.25, 0.3) is 0 Å². The van der Waals surface area contributed by atoms with E-state index in [1.54, 1.807) is 11.1 Å². The predicted octanol–water partition coefficient (Wildman–Crippen LogP) is 3.49. The van der Waals surface area contributed by atoms with E-state index in [0.29, 0.717) is 11.3 Å². The standard InChI is InChI=1S/C19H29NO2S/c1-13-4-3-5-19(2)11-17-14(10-16(13)19)15(18(21)22-17)12-20-6-8-23-9-7-20/h14-15,17H,3-12H2,1-2H3/t14-,15-,17-,19-/m1/s1. The van der Waals surface area contributed by atoms with E-state index in [-0.39, 0.29) is 18.0 Å². The lowest BCUT2D eigenvalue weighted by molar-refractivity contribution is -0.145. The highest BCUT2D eigenvalue weighted by Gasteiger charge is 2.53. The fourth-order valence-corrected chi connectivity index (χ4v) is 6.36. The summed E-state index contributed by atoms with van der Waals surface area (Å²) in [5.41, 5.74) is 3.56. The Morgan fingerprint density at radius 2 is 2.13 bits per heavy atom. The van der Waals surface area contributed by atoms with Crippen LogP contribution in [0.25, 0.3) is 0 Å². The van der Waals surface area contributed by atoms with Gasteiger partial charge in [-0.25, -0.2) is 0 Å². The molecule has 0 aromatic carbocycles. The van der Waals surface area contributed by atoms with E-state index in [0.717, 1.165) is 32.5 Å². The Labute approximate surface area is 144 Å². The average Bonchev–Trinajstić information content (AvgIpc) is 2.81. The van der Waals surface area contributed by atoms with Crippen LogP contribution in [0.4, 0.5) is 0 Å². The Hall–Kier alpha value is -0.480. The van der Waals surface area contributed by atoms with Crippen LogP contribution < -0.4 is 0 Å². The summed E-state index contributed by atoms with van der Waals surface area (Å²) in [6.45, 7) is 7.91. The first-order valence-electron chi connectivity index (χ1n) is 9.26. The predicted molar refractivity (Wildman–Crippen MR) is 94.5 cm³/mol.